The molecule has 2 rings (SSSR count). The fourth-order valence-corrected chi connectivity index (χ4v) is 1.70. The maximum absolute atomic E-state index is 5.81. The van der Waals surface area contributed by atoms with Gasteiger partial charge in [-0.3, -0.25) is 4.68 Å². The number of hydrogen-bond acceptors (Lipinski definition) is 3. The van der Waals surface area contributed by atoms with Crippen molar-refractivity contribution in [2.24, 2.45) is 0 Å². The molecule has 0 radical (unpaired) electrons. The number of aromatic nitrogens is 2. The van der Waals surface area contributed by atoms with E-state index in [-0.39, 0.29) is 5.54 Å². The third-order valence-electron chi connectivity index (χ3n) is 2.43. The molecule has 0 unspecified atom stereocenters. The molecule has 18 heavy (non-hydrogen) atoms. The number of nitrogens with zero attached hydrogens (tertiary/aromatic N) is 2. The number of rotatable bonds is 4. The molecular weight excluding hydrogens is 250 g/mol. The molecule has 0 aromatic carbocycles. The summed E-state index contributed by atoms with van der Waals surface area (Å²) in [6.07, 6.45) is 3.39. The van der Waals surface area contributed by atoms with E-state index in [1.165, 1.54) is 0 Å². The normalized spacial score (nSPS) is 12.0. The molecule has 0 bridgehead atoms. The minimum Gasteiger partial charge on any atom is -0.463 e. The Balaban J connectivity index is 1.94. The van der Waals surface area contributed by atoms with E-state index in [9.17, 15) is 0 Å². The van der Waals surface area contributed by atoms with E-state index in [2.05, 4.69) is 31.2 Å². The van der Waals surface area contributed by atoms with Crippen LogP contribution in [-0.2, 0) is 13.1 Å². The molecule has 2 aromatic heterocycles. The van der Waals surface area contributed by atoms with Gasteiger partial charge < -0.3 is 9.73 Å². The fourth-order valence-electron chi connectivity index (χ4n) is 1.54. The highest BCUT2D eigenvalue weighted by Crippen LogP contribution is 2.12. The average Bonchev–Trinajstić information content (AvgIpc) is 2.85. The van der Waals surface area contributed by atoms with Crippen molar-refractivity contribution in [3.8, 4) is 0 Å². The molecule has 2 aromatic rings. The van der Waals surface area contributed by atoms with Crippen molar-refractivity contribution >= 4 is 11.6 Å². The Morgan fingerprint density at radius 3 is 2.67 bits per heavy atom. The summed E-state index contributed by atoms with van der Waals surface area (Å²) in [5.74, 6) is 1.80. The van der Waals surface area contributed by atoms with Gasteiger partial charge in [0.25, 0.3) is 0 Å². The summed E-state index contributed by atoms with van der Waals surface area (Å²) >= 11 is 5.81. The Labute approximate surface area is 112 Å². The standard InChI is InChI=1S/C13H18ClN3O/c1-13(2,3)15-7-11-4-5-12(18-11)9-17-8-10(14)6-16-17/h4-6,8,15H,7,9H2,1-3H3. The molecule has 0 spiro atoms. The van der Waals surface area contributed by atoms with Crippen LogP contribution >= 0.6 is 11.6 Å². The molecule has 0 fully saturated rings. The van der Waals surface area contributed by atoms with Crippen LogP contribution in [0.2, 0.25) is 5.02 Å². The molecule has 1 N–H and O–H groups in total. The van der Waals surface area contributed by atoms with Gasteiger partial charge in [-0.15, -0.1) is 0 Å². The monoisotopic (exact) mass is 267 g/mol. The molecule has 0 aliphatic carbocycles. The molecular formula is C13H18ClN3O. The first-order chi connectivity index (χ1) is 8.42. The quantitative estimate of drug-likeness (QED) is 0.926. The Bertz CT molecular complexity index is 510. The van der Waals surface area contributed by atoms with Crippen molar-refractivity contribution < 1.29 is 4.42 Å². The summed E-state index contributed by atoms with van der Waals surface area (Å²) in [7, 11) is 0. The van der Waals surface area contributed by atoms with Crippen LogP contribution in [0.3, 0.4) is 0 Å². The van der Waals surface area contributed by atoms with Gasteiger partial charge in [-0.25, -0.2) is 0 Å². The van der Waals surface area contributed by atoms with Gasteiger partial charge in [0, 0.05) is 11.7 Å². The smallest absolute Gasteiger partial charge is 0.125 e. The van der Waals surface area contributed by atoms with Crippen molar-refractivity contribution in [1.82, 2.24) is 15.1 Å². The number of furan rings is 1. The van der Waals surface area contributed by atoms with Crippen LogP contribution in [-0.4, -0.2) is 15.3 Å². The highest BCUT2D eigenvalue weighted by molar-refractivity contribution is 6.30. The van der Waals surface area contributed by atoms with Crippen LogP contribution in [0.25, 0.3) is 0 Å². The van der Waals surface area contributed by atoms with Gasteiger partial charge in [-0.1, -0.05) is 11.6 Å². The molecule has 0 aliphatic heterocycles. The van der Waals surface area contributed by atoms with E-state index in [0.29, 0.717) is 11.6 Å². The summed E-state index contributed by atoms with van der Waals surface area (Å²) < 4.78 is 7.48. The molecule has 98 valence electrons. The lowest BCUT2D eigenvalue weighted by atomic mass is 10.1. The second-order valence-electron chi connectivity index (χ2n) is 5.33. The maximum Gasteiger partial charge on any atom is 0.125 e. The van der Waals surface area contributed by atoms with E-state index in [1.807, 2.05) is 12.1 Å². The Kier molecular flexibility index (Phi) is 3.78. The van der Waals surface area contributed by atoms with E-state index in [1.54, 1.807) is 17.1 Å². The topological polar surface area (TPSA) is 43.0 Å². The maximum atomic E-state index is 5.81. The first-order valence-corrected chi connectivity index (χ1v) is 6.31. The van der Waals surface area contributed by atoms with Crippen LogP contribution in [0, 0.1) is 0 Å². The van der Waals surface area contributed by atoms with E-state index < -0.39 is 0 Å². The zero-order chi connectivity index (χ0) is 13.2. The predicted molar refractivity (Wildman–Crippen MR) is 71.6 cm³/mol. The van der Waals surface area contributed by atoms with Gasteiger partial charge in [0.15, 0.2) is 0 Å². The van der Waals surface area contributed by atoms with Crippen LogP contribution in [0.5, 0.6) is 0 Å². The molecule has 5 heteroatoms. The summed E-state index contributed by atoms with van der Waals surface area (Å²) in [6.45, 7) is 7.71. The first-order valence-electron chi connectivity index (χ1n) is 5.93. The zero-order valence-electron chi connectivity index (χ0n) is 10.9. The van der Waals surface area contributed by atoms with Crippen molar-refractivity contribution in [1.29, 1.82) is 0 Å². The summed E-state index contributed by atoms with van der Waals surface area (Å²) in [6, 6.07) is 3.95. The first kappa shape index (κ1) is 13.2. The highest BCUT2D eigenvalue weighted by Gasteiger charge is 2.10. The molecule has 0 saturated carbocycles. The third-order valence-corrected chi connectivity index (χ3v) is 2.63. The van der Waals surface area contributed by atoms with Gasteiger partial charge in [-0.2, -0.15) is 5.10 Å². The second kappa shape index (κ2) is 5.16. The SMILES string of the molecule is CC(C)(C)NCc1ccc(Cn2cc(Cl)cn2)o1. The Hall–Kier alpha value is -1.26. The molecule has 0 atom stereocenters. The van der Waals surface area contributed by atoms with Crippen LogP contribution in [0.15, 0.2) is 28.9 Å². The lowest BCUT2D eigenvalue weighted by molar-refractivity contribution is 0.374. The molecule has 4 nitrogen and oxygen atoms in total. The van der Waals surface area contributed by atoms with E-state index >= 15 is 0 Å². The van der Waals surface area contributed by atoms with Crippen LogP contribution in [0.4, 0.5) is 0 Å². The predicted octanol–water partition coefficient (Wildman–Crippen LogP) is 3.07. The van der Waals surface area contributed by atoms with E-state index in [0.717, 1.165) is 18.1 Å². The lowest BCUT2D eigenvalue weighted by Crippen LogP contribution is -2.34. The van der Waals surface area contributed by atoms with E-state index in [4.69, 9.17) is 16.0 Å². The van der Waals surface area contributed by atoms with Gasteiger partial charge >= 0.3 is 0 Å². The van der Waals surface area contributed by atoms with Gasteiger partial charge in [0.05, 0.1) is 24.3 Å². The minimum absolute atomic E-state index is 0.0858. The lowest BCUT2D eigenvalue weighted by Gasteiger charge is -2.19. The minimum atomic E-state index is 0.0858. The Morgan fingerprint density at radius 2 is 2.06 bits per heavy atom. The molecule has 0 saturated heterocycles. The largest absolute Gasteiger partial charge is 0.463 e. The Morgan fingerprint density at radius 1 is 1.33 bits per heavy atom. The zero-order valence-corrected chi connectivity index (χ0v) is 11.7. The number of hydrogen-bond donors (Lipinski definition) is 1. The molecule has 0 aliphatic rings. The second-order valence-corrected chi connectivity index (χ2v) is 5.76. The fraction of sp³-hybridized carbons (Fsp3) is 0.462. The number of nitrogens with one attached hydrogen (secondary N) is 1. The molecule has 2 heterocycles. The summed E-state index contributed by atoms with van der Waals surface area (Å²) in [5.41, 5.74) is 0.0858. The van der Waals surface area contributed by atoms with Gasteiger partial charge in [0.2, 0.25) is 0 Å². The highest BCUT2D eigenvalue weighted by atomic mass is 35.5. The van der Waals surface area contributed by atoms with Crippen LogP contribution in [0.1, 0.15) is 32.3 Å². The van der Waals surface area contributed by atoms with Gasteiger partial charge in [0.1, 0.15) is 11.5 Å². The summed E-state index contributed by atoms with van der Waals surface area (Å²) in [5, 5.41) is 8.13. The van der Waals surface area contributed by atoms with Crippen molar-refractivity contribution in [2.75, 3.05) is 0 Å². The average molecular weight is 268 g/mol. The summed E-state index contributed by atoms with van der Waals surface area (Å²) in [4.78, 5) is 0. The van der Waals surface area contributed by atoms with Crippen molar-refractivity contribution in [3.63, 3.8) is 0 Å². The molecule has 0 amide bonds. The van der Waals surface area contributed by atoms with Crippen molar-refractivity contribution in [3.05, 3.63) is 41.1 Å². The van der Waals surface area contributed by atoms with Crippen LogP contribution < -0.4 is 5.32 Å². The third kappa shape index (κ3) is 3.89. The number of halogens is 1. The van der Waals surface area contributed by atoms with Crippen molar-refractivity contribution in [2.45, 2.75) is 39.4 Å². The van der Waals surface area contributed by atoms with Gasteiger partial charge in [-0.05, 0) is 32.9 Å².